The lowest BCUT2D eigenvalue weighted by molar-refractivity contribution is -0.138. The molecule has 3 rings (SSSR count). The number of carbonyl (C=O) groups is 2. The first kappa shape index (κ1) is 37.4. The van der Waals surface area contributed by atoms with Crippen LogP contribution in [0.25, 0.3) is 0 Å². The number of anilines is 1. The second-order valence-corrected chi connectivity index (χ2v) is 15.5. The zero-order chi connectivity index (χ0) is 33.7. The van der Waals surface area contributed by atoms with E-state index < -0.39 is 21.7 Å². The highest BCUT2D eigenvalue weighted by molar-refractivity contribution is 7.88. The summed E-state index contributed by atoms with van der Waals surface area (Å²) in [6.07, 6.45) is 18.2. The number of hydrogen-bond acceptors (Lipinski definition) is 7. The van der Waals surface area contributed by atoms with Crippen LogP contribution in [0.1, 0.15) is 78.7 Å². The molecular formula is C35H55N5O5S. The number of sulfonamides is 1. The molecular weight excluding hydrogens is 602 g/mol. The van der Waals surface area contributed by atoms with E-state index in [2.05, 4.69) is 45.9 Å². The first-order chi connectivity index (χ1) is 21.7. The number of hydrogen-bond donors (Lipinski definition) is 2. The average molecular weight is 658 g/mol. The summed E-state index contributed by atoms with van der Waals surface area (Å²) in [5.41, 5.74) is 1.61. The highest BCUT2D eigenvalue weighted by atomic mass is 32.2. The van der Waals surface area contributed by atoms with E-state index in [-0.39, 0.29) is 17.7 Å². The molecule has 1 aromatic rings. The summed E-state index contributed by atoms with van der Waals surface area (Å²) in [5, 5.41) is 2.70. The summed E-state index contributed by atoms with van der Waals surface area (Å²) in [7, 11) is -3.30. The number of piperidine rings is 2. The number of amides is 2. The Hall–Kier alpha value is -3.02. The van der Waals surface area contributed by atoms with E-state index in [9.17, 15) is 18.0 Å². The molecule has 0 aliphatic carbocycles. The normalized spacial score (nSPS) is 18.7. The van der Waals surface area contributed by atoms with Crippen LogP contribution in [0.5, 0.6) is 0 Å². The van der Waals surface area contributed by atoms with E-state index in [1.807, 2.05) is 56.0 Å². The lowest BCUT2D eigenvalue weighted by atomic mass is 9.79. The Bertz CT molecular complexity index is 1340. The minimum Gasteiger partial charge on any atom is -0.444 e. The van der Waals surface area contributed by atoms with Crippen LogP contribution in [-0.4, -0.2) is 79.8 Å². The zero-order valence-electron chi connectivity index (χ0n) is 28.6. The number of unbranched alkanes of at least 4 members (excludes halogenated alkanes) is 1. The molecule has 3 heterocycles. The zero-order valence-corrected chi connectivity index (χ0v) is 29.4. The van der Waals surface area contributed by atoms with E-state index >= 15 is 0 Å². The summed E-state index contributed by atoms with van der Waals surface area (Å²) < 4.78 is 31.9. The van der Waals surface area contributed by atoms with Crippen molar-refractivity contribution in [3.05, 3.63) is 59.8 Å². The standard InChI is InChI=1S/C35H55N5O5S/c1-7-8-9-10-11-12-13-27(2)31(25-37-46(6,43)44)29-17-22-40(23-18-29)33(41)30-15-20-39(21-16-30)26-28-14-19-36-32(24-28)38-34(42)45-35(3,4)5/h9-14,19,24,29-31,37H,7-8,15-18,20-23,25-26H2,1-6H3,(H,36,38,42)/b10-9+,12-11-,27-13+. The monoisotopic (exact) mass is 657 g/mol. The van der Waals surface area contributed by atoms with Crippen LogP contribution in [0.15, 0.2) is 54.3 Å². The quantitative estimate of drug-likeness (QED) is 0.253. The largest absolute Gasteiger partial charge is 0.444 e. The molecule has 46 heavy (non-hydrogen) atoms. The Morgan fingerprint density at radius 2 is 1.78 bits per heavy atom. The molecule has 2 N–H and O–H groups in total. The molecule has 2 saturated heterocycles. The van der Waals surface area contributed by atoms with Gasteiger partial charge >= 0.3 is 6.09 Å². The van der Waals surface area contributed by atoms with Gasteiger partial charge in [-0.2, -0.15) is 0 Å². The van der Waals surface area contributed by atoms with Gasteiger partial charge in [-0.15, -0.1) is 0 Å². The molecule has 11 heteroatoms. The van der Waals surface area contributed by atoms with E-state index in [1.165, 1.54) is 6.26 Å². The van der Waals surface area contributed by atoms with E-state index in [4.69, 9.17) is 4.74 Å². The van der Waals surface area contributed by atoms with Crippen LogP contribution < -0.4 is 10.0 Å². The van der Waals surface area contributed by atoms with Crippen molar-refractivity contribution in [3.63, 3.8) is 0 Å². The number of rotatable bonds is 13. The van der Waals surface area contributed by atoms with E-state index in [0.29, 0.717) is 31.4 Å². The predicted octanol–water partition coefficient (Wildman–Crippen LogP) is 5.90. The van der Waals surface area contributed by atoms with Crippen molar-refractivity contribution in [3.8, 4) is 0 Å². The molecule has 1 atom stereocenters. The second-order valence-electron chi connectivity index (χ2n) is 13.6. The van der Waals surface area contributed by atoms with Crippen molar-refractivity contribution in [2.75, 3.05) is 44.3 Å². The molecule has 0 aromatic carbocycles. The lowest BCUT2D eigenvalue weighted by Gasteiger charge is -2.39. The third-order valence-electron chi connectivity index (χ3n) is 8.54. The van der Waals surface area contributed by atoms with Crippen molar-refractivity contribution in [2.24, 2.45) is 17.8 Å². The van der Waals surface area contributed by atoms with Gasteiger partial charge in [-0.3, -0.25) is 15.0 Å². The highest BCUT2D eigenvalue weighted by Gasteiger charge is 2.33. The van der Waals surface area contributed by atoms with Crippen molar-refractivity contribution in [1.82, 2.24) is 19.5 Å². The molecule has 1 unspecified atom stereocenters. The van der Waals surface area contributed by atoms with Gasteiger partial charge in [-0.05, 0) is 102 Å². The van der Waals surface area contributed by atoms with Gasteiger partial charge < -0.3 is 9.64 Å². The topological polar surface area (TPSA) is 121 Å². The Balaban J connectivity index is 1.50. The van der Waals surface area contributed by atoms with Crippen molar-refractivity contribution >= 4 is 27.8 Å². The average Bonchev–Trinajstić information content (AvgIpc) is 2.98. The molecule has 2 amide bonds. The van der Waals surface area contributed by atoms with E-state index in [1.54, 1.807) is 6.20 Å². The fourth-order valence-electron chi connectivity index (χ4n) is 6.10. The fraction of sp³-hybridized carbons (Fsp3) is 0.629. The number of ether oxygens (including phenoxy) is 1. The number of allylic oxidation sites excluding steroid dienone is 5. The highest BCUT2D eigenvalue weighted by Crippen LogP contribution is 2.32. The second kappa shape index (κ2) is 17.8. The van der Waals surface area contributed by atoms with Crippen LogP contribution in [-0.2, 0) is 26.1 Å². The maximum absolute atomic E-state index is 13.5. The molecule has 2 fully saturated rings. The van der Waals surface area contributed by atoms with Gasteiger partial charge in [0.15, 0.2) is 0 Å². The number of aromatic nitrogens is 1. The van der Waals surface area contributed by atoms with Gasteiger partial charge in [0.2, 0.25) is 15.9 Å². The van der Waals surface area contributed by atoms with Crippen LogP contribution >= 0.6 is 0 Å². The van der Waals surface area contributed by atoms with Crippen molar-refractivity contribution in [1.29, 1.82) is 0 Å². The van der Waals surface area contributed by atoms with Crippen LogP contribution in [0, 0.1) is 17.8 Å². The molecule has 2 aliphatic rings. The number of pyridine rings is 1. The third kappa shape index (κ3) is 13.4. The molecule has 256 valence electrons. The Kier molecular flexibility index (Phi) is 14.5. The van der Waals surface area contributed by atoms with Crippen molar-refractivity contribution in [2.45, 2.75) is 85.3 Å². The minimum absolute atomic E-state index is 0.0184. The SMILES string of the molecule is CCC/C=C/C=C\C=C(/C)C(CNS(C)(=O)=O)C1CCN(C(=O)C2CCN(Cc3ccnc(NC(=O)OC(C)(C)C)c3)CC2)CC1. The Morgan fingerprint density at radius 3 is 2.41 bits per heavy atom. The molecule has 2 aliphatic heterocycles. The molecule has 10 nitrogen and oxygen atoms in total. The molecule has 0 saturated carbocycles. The summed E-state index contributed by atoms with van der Waals surface area (Å²) in [6, 6.07) is 3.81. The number of likely N-dealkylation sites (tertiary alicyclic amines) is 2. The predicted molar refractivity (Wildman–Crippen MR) is 185 cm³/mol. The molecule has 0 radical (unpaired) electrons. The number of nitrogens with zero attached hydrogens (tertiary/aromatic N) is 3. The van der Waals surface area contributed by atoms with Gasteiger partial charge in [-0.1, -0.05) is 49.3 Å². The van der Waals surface area contributed by atoms with Gasteiger partial charge in [-0.25, -0.2) is 22.9 Å². The van der Waals surface area contributed by atoms with Crippen LogP contribution in [0.4, 0.5) is 10.6 Å². The van der Waals surface area contributed by atoms with Crippen molar-refractivity contribution < 1.29 is 22.7 Å². The van der Waals surface area contributed by atoms with Gasteiger partial charge in [0.05, 0.1) is 6.26 Å². The lowest BCUT2D eigenvalue weighted by Crippen LogP contribution is -2.46. The molecule has 0 spiro atoms. The number of nitrogens with one attached hydrogen (secondary N) is 2. The van der Waals surface area contributed by atoms with Gasteiger partial charge in [0.1, 0.15) is 11.4 Å². The first-order valence-corrected chi connectivity index (χ1v) is 18.5. The third-order valence-corrected chi connectivity index (χ3v) is 9.23. The molecule has 0 bridgehead atoms. The van der Waals surface area contributed by atoms with E-state index in [0.717, 1.165) is 69.3 Å². The van der Waals surface area contributed by atoms with Crippen LogP contribution in [0.2, 0.25) is 0 Å². The summed E-state index contributed by atoms with van der Waals surface area (Å²) in [6.45, 7) is 13.8. The fourth-order valence-corrected chi connectivity index (χ4v) is 6.59. The van der Waals surface area contributed by atoms with Gasteiger partial charge in [0, 0.05) is 38.3 Å². The maximum atomic E-state index is 13.5. The minimum atomic E-state index is -3.30. The maximum Gasteiger partial charge on any atom is 0.413 e. The summed E-state index contributed by atoms with van der Waals surface area (Å²) in [4.78, 5) is 34.2. The summed E-state index contributed by atoms with van der Waals surface area (Å²) >= 11 is 0. The Labute approximate surface area is 276 Å². The summed E-state index contributed by atoms with van der Waals surface area (Å²) in [5.74, 6) is 1.09. The Morgan fingerprint density at radius 1 is 1.09 bits per heavy atom. The number of carbonyl (C=O) groups excluding carboxylic acids is 2. The smallest absolute Gasteiger partial charge is 0.413 e. The first-order valence-electron chi connectivity index (χ1n) is 16.6. The molecule has 1 aromatic heterocycles. The van der Waals surface area contributed by atoms with Crippen LogP contribution in [0.3, 0.4) is 0 Å². The van der Waals surface area contributed by atoms with Gasteiger partial charge in [0.25, 0.3) is 0 Å².